The van der Waals surface area contributed by atoms with Gasteiger partial charge in [0, 0.05) is 0 Å². The molecule has 1 aliphatic rings. The molecule has 1 aliphatic heterocycles. The predicted octanol–water partition coefficient (Wildman–Crippen LogP) is 1.49. The van der Waals surface area contributed by atoms with Crippen LogP contribution in [0.15, 0.2) is 18.2 Å². The Morgan fingerprint density at radius 2 is 1.95 bits per heavy atom. The molecule has 1 aromatic carbocycles. The van der Waals surface area contributed by atoms with E-state index in [1.807, 2.05) is 12.1 Å². The second-order valence-electron chi connectivity index (χ2n) is 4.11. The van der Waals surface area contributed by atoms with E-state index in [9.17, 15) is 0 Å². The number of hydrogen-bond donors (Lipinski definition) is 1. The van der Waals surface area contributed by atoms with Gasteiger partial charge in [0.15, 0.2) is 11.5 Å². The van der Waals surface area contributed by atoms with Crippen LogP contribution in [0.2, 0.25) is 0 Å². The number of rotatable bonds is 7. The zero-order valence-corrected chi connectivity index (χ0v) is 11.1. The summed E-state index contributed by atoms with van der Waals surface area (Å²) in [6.07, 6.45) is 3.61. The molecule has 1 saturated heterocycles. The number of hydrogen-bond acceptors (Lipinski definition) is 5. The van der Waals surface area contributed by atoms with E-state index >= 15 is 0 Å². The Morgan fingerprint density at radius 3 is 2.42 bits per heavy atom. The van der Waals surface area contributed by atoms with E-state index in [1.54, 1.807) is 26.4 Å². The van der Waals surface area contributed by atoms with Gasteiger partial charge in [-0.25, -0.2) is 0 Å². The van der Waals surface area contributed by atoms with E-state index in [2.05, 4.69) is 0 Å². The normalized spacial score (nSPS) is 17.5. The molecule has 1 N–H and O–H groups in total. The zero-order chi connectivity index (χ0) is 13.7. The molecular weight excluding hydrogens is 248 g/mol. The molecular formula is C14H18O5. The molecule has 0 aliphatic carbocycles. The molecule has 104 valence electrons. The molecule has 1 heterocycles. The van der Waals surface area contributed by atoms with Crippen LogP contribution in [-0.4, -0.2) is 45.3 Å². The van der Waals surface area contributed by atoms with E-state index in [0.29, 0.717) is 23.9 Å². The van der Waals surface area contributed by atoms with Crippen molar-refractivity contribution in [2.75, 3.05) is 34.0 Å². The van der Waals surface area contributed by atoms with Gasteiger partial charge in [0.2, 0.25) is 5.75 Å². The van der Waals surface area contributed by atoms with Gasteiger partial charge in [-0.05, 0) is 17.7 Å². The van der Waals surface area contributed by atoms with Crippen LogP contribution < -0.4 is 14.2 Å². The van der Waals surface area contributed by atoms with Crippen LogP contribution in [0.1, 0.15) is 5.56 Å². The monoisotopic (exact) mass is 266 g/mol. The number of methoxy groups -OCH3 is 2. The van der Waals surface area contributed by atoms with Crippen molar-refractivity contribution in [3.63, 3.8) is 0 Å². The molecule has 2 rings (SSSR count). The summed E-state index contributed by atoms with van der Waals surface area (Å²) >= 11 is 0. The lowest BCUT2D eigenvalue weighted by molar-refractivity contribution is 0.241. The SMILES string of the molecule is COc1cc(/C=C/CO)cc(OC)c1OCC1CO1. The molecule has 5 heteroatoms. The summed E-state index contributed by atoms with van der Waals surface area (Å²) in [6, 6.07) is 3.66. The largest absolute Gasteiger partial charge is 0.493 e. The molecule has 1 unspecified atom stereocenters. The number of epoxide rings is 1. The summed E-state index contributed by atoms with van der Waals surface area (Å²) < 4.78 is 21.4. The highest BCUT2D eigenvalue weighted by Crippen LogP contribution is 2.39. The highest BCUT2D eigenvalue weighted by molar-refractivity contribution is 5.62. The first-order valence-corrected chi connectivity index (χ1v) is 6.06. The van der Waals surface area contributed by atoms with Gasteiger partial charge in [-0.3, -0.25) is 0 Å². The van der Waals surface area contributed by atoms with Crippen LogP contribution >= 0.6 is 0 Å². The van der Waals surface area contributed by atoms with Crippen LogP contribution in [-0.2, 0) is 4.74 Å². The third kappa shape index (κ3) is 3.62. The van der Waals surface area contributed by atoms with Crippen molar-refractivity contribution in [2.24, 2.45) is 0 Å². The number of benzene rings is 1. The summed E-state index contributed by atoms with van der Waals surface area (Å²) in [5.74, 6) is 1.76. The van der Waals surface area contributed by atoms with Crippen LogP contribution in [0.4, 0.5) is 0 Å². The van der Waals surface area contributed by atoms with Gasteiger partial charge in [0.05, 0.1) is 27.4 Å². The van der Waals surface area contributed by atoms with Gasteiger partial charge in [0.1, 0.15) is 12.7 Å². The highest BCUT2D eigenvalue weighted by atomic mass is 16.6. The molecule has 5 nitrogen and oxygen atoms in total. The lowest BCUT2D eigenvalue weighted by atomic mass is 10.1. The molecule has 19 heavy (non-hydrogen) atoms. The van der Waals surface area contributed by atoms with Crippen LogP contribution in [0.25, 0.3) is 6.08 Å². The summed E-state index contributed by atoms with van der Waals surface area (Å²) in [4.78, 5) is 0. The molecule has 0 spiro atoms. The van der Waals surface area contributed by atoms with Crippen molar-refractivity contribution in [2.45, 2.75) is 6.10 Å². The third-order valence-electron chi connectivity index (χ3n) is 2.71. The fraction of sp³-hybridized carbons (Fsp3) is 0.429. The second-order valence-corrected chi connectivity index (χ2v) is 4.11. The van der Waals surface area contributed by atoms with E-state index < -0.39 is 0 Å². The maximum absolute atomic E-state index is 8.80. The topological polar surface area (TPSA) is 60.5 Å². The van der Waals surface area contributed by atoms with Crippen molar-refractivity contribution in [1.82, 2.24) is 0 Å². The Morgan fingerprint density at radius 1 is 1.32 bits per heavy atom. The number of aliphatic hydroxyl groups excluding tert-OH is 1. The van der Waals surface area contributed by atoms with Crippen molar-refractivity contribution < 1.29 is 24.1 Å². The van der Waals surface area contributed by atoms with E-state index in [-0.39, 0.29) is 12.7 Å². The van der Waals surface area contributed by atoms with Gasteiger partial charge in [0.25, 0.3) is 0 Å². The first-order chi connectivity index (χ1) is 9.28. The van der Waals surface area contributed by atoms with Gasteiger partial charge < -0.3 is 24.1 Å². The van der Waals surface area contributed by atoms with E-state index in [0.717, 1.165) is 12.2 Å². The lowest BCUT2D eigenvalue weighted by Gasteiger charge is -2.14. The first kappa shape index (κ1) is 13.7. The Kier molecular flexibility index (Phi) is 4.65. The molecule has 0 amide bonds. The van der Waals surface area contributed by atoms with Gasteiger partial charge in [-0.1, -0.05) is 12.2 Å². The average molecular weight is 266 g/mol. The smallest absolute Gasteiger partial charge is 0.203 e. The van der Waals surface area contributed by atoms with Crippen LogP contribution in [0.3, 0.4) is 0 Å². The highest BCUT2D eigenvalue weighted by Gasteiger charge is 2.25. The van der Waals surface area contributed by atoms with Gasteiger partial charge in [-0.2, -0.15) is 0 Å². The van der Waals surface area contributed by atoms with Crippen LogP contribution in [0.5, 0.6) is 17.2 Å². The van der Waals surface area contributed by atoms with Crippen LogP contribution in [0, 0.1) is 0 Å². The fourth-order valence-electron chi connectivity index (χ4n) is 1.67. The molecule has 0 aromatic heterocycles. The Hall–Kier alpha value is -1.72. The summed E-state index contributed by atoms with van der Waals surface area (Å²) in [5.41, 5.74) is 0.873. The fourth-order valence-corrected chi connectivity index (χ4v) is 1.67. The van der Waals surface area contributed by atoms with E-state index in [4.69, 9.17) is 24.1 Å². The van der Waals surface area contributed by atoms with Crippen molar-refractivity contribution in [1.29, 1.82) is 0 Å². The number of aliphatic hydroxyl groups is 1. The molecule has 0 radical (unpaired) electrons. The summed E-state index contributed by atoms with van der Waals surface area (Å²) in [5, 5.41) is 8.80. The van der Waals surface area contributed by atoms with Crippen molar-refractivity contribution in [3.8, 4) is 17.2 Å². The quantitative estimate of drug-likeness (QED) is 0.758. The zero-order valence-electron chi connectivity index (χ0n) is 11.1. The standard InChI is InChI=1S/C14H18O5/c1-16-12-6-10(4-3-5-15)7-13(17-2)14(12)19-9-11-8-18-11/h3-4,6-7,11,15H,5,8-9H2,1-2H3/b4-3+. The minimum atomic E-state index is -0.0120. The minimum Gasteiger partial charge on any atom is -0.493 e. The third-order valence-corrected chi connectivity index (χ3v) is 2.71. The van der Waals surface area contributed by atoms with E-state index in [1.165, 1.54) is 0 Å². The average Bonchev–Trinajstić information content (AvgIpc) is 3.26. The molecule has 0 bridgehead atoms. The molecule has 1 atom stereocenters. The molecule has 0 saturated carbocycles. The van der Waals surface area contributed by atoms with Crippen molar-refractivity contribution in [3.05, 3.63) is 23.8 Å². The Labute approximate surface area is 112 Å². The molecule has 1 fully saturated rings. The first-order valence-electron chi connectivity index (χ1n) is 6.06. The Bertz CT molecular complexity index is 426. The summed E-state index contributed by atoms with van der Waals surface area (Å²) in [6.45, 7) is 1.21. The van der Waals surface area contributed by atoms with Gasteiger partial charge >= 0.3 is 0 Å². The van der Waals surface area contributed by atoms with Gasteiger partial charge in [-0.15, -0.1) is 0 Å². The number of ether oxygens (including phenoxy) is 4. The summed E-state index contributed by atoms with van der Waals surface area (Å²) in [7, 11) is 3.16. The molecule has 1 aromatic rings. The maximum Gasteiger partial charge on any atom is 0.203 e. The second kappa shape index (κ2) is 6.45. The Balaban J connectivity index is 2.24. The minimum absolute atomic E-state index is 0.0120. The lowest BCUT2D eigenvalue weighted by Crippen LogP contribution is -2.06. The maximum atomic E-state index is 8.80. The van der Waals surface area contributed by atoms with Crippen molar-refractivity contribution >= 4 is 6.08 Å². The predicted molar refractivity (Wildman–Crippen MR) is 70.9 cm³/mol.